The van der Waals surface area contributed by atoms with Crippen LogP contribution in [0.2, 0.25) is 0 Å². The molecule has 0 bridgehead atoms. The first kappa shape index (κ1) is 16.3. The second-order valence-corrected chi connectivity index (χ2v) is 7.32. The van der Waals surface area contributed by atoms with Crippen molar-refractivity contribution in [2.24, 2.45) is 0 Å². The van der Waals surface area contributed by atoms with E-state index in [0.29, 0.717) is 11.7 Å². The van der Waals surface area contributed by atoms with E-state index in [1.54, 1.807) is 0 Å². The molecule has 0 saturated carbocycles. The lowest BCUT2D eigenvalue weighted by molar-refractivity contribution is 0.200. The first-order valence-corrected chi connectivity index (χ1v) is 9.51. The Morgan fingerprint density at radius 3 is 2.63 bits per heavy atom. The number of phenols is 1. The minimum Gasteiger partial charge on any atom is -0.508 e. The minimum absolute atomic E-state index is 0.388. The highest BCUT2D eigenvalue weighted by Gasteiger charge is 2.25. The van der Waals surface area contributed by atoms with E-state index in [1.165, 1.54) is 5.39 Å². The van der Waals surface area contributed by atoms with E-state index in [9.17, 15) is 5.11 Å². The van der Waals surface area contributed by atoms with E-state index in [0.717, 1.165) is 54.9 Å². The summed E-state index contributed by atoms with van der Waals surface area (Å²) in [4.78, 5) is 2.43. The molecule has 3 heterocycles. The zero-order valence-electron chi connectivity index (χ0n) is 15.1. The van der Waals surface area contributed by atoms with Crippen LogP contribution in [0.25, 0.3) is 16.4 Å². The smallest absolute Gasteiger partial charge is 0.160 e. The first-order valence-electron chi connectivity index (χ1n) is 9.51. The molecule has 2 aromatic heterocycles. The van der Waals surface area contributed by atoms with E-state index in [-0.39, 0.29) is 0 Å². The molecule has 0 spiro atoms. The molecule has 2 aromatic carbocycles. The number of fused-ring (bicyclic) bond motifs is 2. The lowest BCUT2D eigenvalue weighted by Crippen LogP contribution is -2.33. The lowest BCUT2D eigenvalue weighted by atomic mass is 9.95. The SMILES string of the molecule is Oc1ccc2ccccc2c1CN1CCC(c2nnc3ccccn23)CC1. The third-order valence-corrected chi connectivity index (χ3v) is 5.69. The first-order chi connectivity index (χ1) is 13.3. The van der Waals surface area contributed by atoms with Crippen molar-refractivity contribution in [3.05, 3.63) is 72.2 Å². The van der Waals surface area contributed by atoms with Gasteiger partial charge in [-0.2, -0.15) is 0 Å². The van der Waals surface area contributed by atoms with Crippen LogP contribution in [0.3, 0.4) is 0 Å². The Morgan fingerprint density at radius 1 is 0.926 bits per heavy atom. The molecule has 1 fully saturated rings. The van der Waals surface area contributed by atoms with Crippen LogP contribution >= 0.6 is 0 Å². The topological polar surface area (TPSA) is 53.7 Å². The fourth-order valence-electron chi connectivity index (χ4n) is 4.20. The van der Waals surface area contributed by atoms with Crippen molar-refractivity contribution >= 4 is 16.4 Å². The zero-order chi connectivity index (χ0) is 18.2. The quantitative estimate of drug-likeness (QED) is 0.602. The maximum atomic E-state index is 10.4. The van der Waals surface area contributed by atoms with Gasteiger partial charge in [0.2, 0.25) is 0 Å². The van der Waals surface area contributed by atoms with Gasteiger partial charge >= 0.3 is 0 Å². The van der Waals surface area contributed by atoms with Gasteiger partial charge in [0, 0.05) is 24.2 Å². The molecular formula is C22H22N4O. The molecule has 5 nitrogen and oxygen atoms in total. The minimum atomic E-state index is 0.388. The summed E-state index contributed by atoms with van der Waals surface area (Å²) >= 11 is 0. The highest BCUT2D eigenvalue weighted by Crippen LogP contribution is 2.32. The number of hydrogen-bond donors (Lipinski definition) is 1. The van der Waals surface area contributed by atoms with Gasteiger partial charge in [0.15, 0.2) is 5.65 Å². The second-order valence-electron chi connectivity index (χ2n) is 7.32. The number of likely N-dealkylation sites (tertiary alicyclic amines) is 1. The summed E-state index contributed by atoms with van der Waals surface area (Å²) in [6.45, 7) is 2.77. The number of rotatable bonds is 3. The maximum Gasteiger partial charge on any atom is 0.160 e. The molecule has 0 aliphatic carbocycles. The molecule has 5 rings (SSSR count). The average Bonchev–Trinajstić information content (AvgIpc) is 3.15. The summed E-state index contributed by atoms with van der Waals surface area (Å²) in [5.41, 5.74) is 1.94. The van der Waals surface area contributed by atoms with Crippen LogP contribution in [-0.2, 0) is 6.54 Å². The molecular weight excluding hydrogens is 336 g/mol. The summed E-state index contributed by atoms with van der Waals surface area (Å²) in [7, 11) is 0. The van der Waals surface area contributed by atoms with Crippen LogP contribution in [0.15, 0.2) is 60.8 Å². The molecule has 0 unspecified atom stereocenters. The molecule has 4 aromatic rings. The number of aromatic nitrogens is 3. The molecule has 0 amide bonds. The number of phenolic OH excluding ortho intramolecular Hbond substituents is 1. The van der Waals surface area contributed by atoms with Gasteiger partial charge in [-0.15, -0.1) is 10.2 Å². The molecule has 1 aliphatic heterocycles. The van der Waals surface area contributed by atoms with Gasteiger partial charge in [-0.3, -0.25) is 9.30 Å². The van der Waals surface area contributed by atoms with Crippen molar-refractivity contribution in [3.8, 4) is 5.75 Å². The van der Waals surface area contributed by atoms with Crippen molar-refractivity contribution in [3.63, 3.8) is 0 Å². The van der Waals surface area contributed by atoms with Gasteiger partial charge in [0.25, 0.3) is 0 Å². The zero-order valence-corrected chi connectivity index (χ0v) is 15.1. The Bertz CT molecular complexity index is 1100. The summed E-state index contributed by atoms with van der Waals surface area (Å²) in [6.07, 6.45) is 4.16. The Morgan fingerprint density at radius 2 is 1.74 bits per heavy atom. The van der Waals surface area contributed by atoms with Gasteiger partial charge in [0.05, 0.1) is 0 Å². The highest BCUT2D eigenvalue weighted by atomic mass is 16.3. The number of piperidine rings is 1. The van der Waals surface area contributed by atoms with Gasteiger partial charge in [0.1, 0.15) is 11.6 Å². The van der Waals surface area contributed by atoms with E-state index in [4.69, 9.17) is 0 Å². The van der Waals surface area contributed by atoms with Gasteiger partial charge in [-0.25, -0.2) is 0 Å². The molecule has 1 N–H and O–H groups in total. The monoisotopic (exact) mass is 358 g/mol. The molecule has 1 aliphatic rings. The third kappa shape index (κ3) is 2.94. The molecule has 0 atom stereocenters. The van der Waals surface area contributed by atoms with Gasteiger partial charge < -0.3 is 5.11 Å². The normalized spacial score (nSPS) is 16.3. The lowest BCUT2D eigenvalue weighted by Gasteiger charge is -2.31. The number of hydrogen-bond acceptors (Lipinski definition) is 4. The van der Waals surface area contributed by atoms with E-state index < -0.39 is 0 Å². The predicted octanol–water partition coefficient (Wildman–Crippen LogP) is 3.97. The predicted molar refractivity (Wildman–Crippen MR) is 106 cm³/mol. The number of nitrogens with zero attached hydrogens (tertiary/aromatic N) is 4. The van der Waals surface area contributed by atoms with Crippen molar-refractivity contribution in [1.29, 1.82) is 0 Å². The van der Waals surface area contributed by atoms with E-state index in [2.05, 4.69) is 31.6 Å². The van der Waals surface area contributed by atoms with Crippen LogP contribution in [0.1, 0.15) is 30.1 Å². The summed E-state index contributed by atoms with van der Waals surface area (Å²) in [5, 5.41) is 21.5. The fraction of sp³-hybridized carbons (Fsp3) is 0.273. The number of aromatic hydroxyl groups is 1. The average molecular weight is 358 g/mol. The Kier molecular flexibility index (Phi) is 4.02. The fourth-order valence-corrected chi connectivity index (χ4v) is 4.20. The largest absolute Gasteiger partial charge is 0.508 e. The van der Waals surface area contributed by atoms with Crippen LogP contribution < -0.4 is 0 Å². The summed E-state index contributed by atoms with van der Waals surface area (Å²) in [5.74, 6) is 1.89. The van der Waals surface area contributed by atoms with Crippen LogP contribution in [0.5, 0.6) is 5.75 Å². The molecule has 0 radical (unpaired) electrons. The Labute approximate surface area is 157 Å². The second kappa shape index (κ2) is 6.67. The van der Waals surface area contributed by atoms with E-state index in [1.807, 2.05) is 48.7 Å². The van der Waals surface area contributed by atoms with Crippen LogP contribution in [-0.4, -0.2) is 37.7 Å². The summed E-state index contributed by atoms with van der Waals surface area (Å²) in [6, 6.07) is 18.1. The van der Waals surface area contributed by atoms with Crippen molar-refractivity contribution < 1.29 is 5.11 Å². The highest BCUT2D eigenvalue weighted by molar-refractivity contribution is 5.87. The van der Waals surface area contributed by atoms with Crippen molar-refractivity contribution in [2.45, 2.75) is 25.3 Å². The standard InChI is InChI=1S/C22H22N4O/c27-20-9-8-16-5-1-2-6-18(16)19(20)15-25-13-10-17(11-14-25)22-24-23-21-7-3-4-12-26(21)22/h1-9,12,17,27H,10-11,13-15H2. The molecule has 27 heavy (non-hydrogen) atoms. The van der Waals surface area contributed by atoms with E-state index >= 15 is 0 Å². The Hall–Kier alpha value is -2.92. The molecule has 136 valence electrons. The van der Waals surface area contributed by atoms with Crippen LogP contribution in [0, 0.1) is 0 Å². The molecule has 1 saturated heterocycles. The maximum absolute atomic E-state index is 10.4. The van der Waals surface area contributed by atoms with Crippen molar-refractivity contribution in [1.82, 2.24) is 19.5 Å². The van der Waals surface area contributed by atoms with Gasteiger partial charge in [-0.1, -0.05) is 36.4 Å². The van der Waals surface area contributed by atoms with Gasteiger partial charge in [-0.05, 0) is 54.9 Å². The number of benzene rings is 2. The van der Waals surface area contributed by atoms with Crippen molar-refractivity contribution in [2.75, 3.05) is 13.1 Å². The summed E-state index contributed by atoms with van der Waals surface area (Å²) < 4.78 is 2.11. The number of pyridine rings is 1. The van der Waals surface area contributed by atoms with Crippen LogP contribution in [0.4, 0.5) is 0 Å². The third-order valence-electron chi connectivity index (χ3n) is 5.69. The Balaban J connectivity index is 1.34. The molecule has 5 heteroatoms.